The van der Waals surface area contributed by atoms with E-state index in [-0.39, 0.29) is 11.5 Å². The normalized spacial score (nSPS) is 10.9. The van der Waals surface area contributed by atoms with Crippen LogP contribution in [0.5, 0.6) is 23.0 Å². The maximum atomic E-state index is 13.5. The molecule has 0 aliphatic heterocycles. The molecule has 16 heteroatoms. The van der Waals surface area contributed by atoms with Gasteiger partial charge in [-0.2, -0.15) is 5.10 Å². The lowest BCUT2D eigenvalue weighted by atomic mass is 10.2. The van der Waals surface area contributed by atoms with E-state index in [1.54, 1.807) is 78.8 Å². The molecule has 5 rings (SSSR count). The minimum absolute atomic E-state index is 0.173. The number of ether oxygens (including phenoxy) is 8. The van der Waals surface area contributed by atoms with Gasteiger partial charge in [0.25, 0.3) is 0 Å². The zero-order valence-electron chi connectivity index (χ0n) is 37.8. The Kier molecular flexibility index (Phi) is 22.0. The van der Waals surface area contributed by atoms with Gasteiger partial charge in [0.1, 0.15) is 23.0 Å². The van der Waals surface area contributed by atoms with Gasteiger partial charge in [0.15, 0.2) is 0 Å². The van der Waals surface area contributed by atoms with Gasteiger partial charge in [0, 0.05) is 24.8 Å². The number of unbranched alkanes of at least 4 members (excludes halogenated alkanes) is 6. The summed E-state index contributed by atoms with van der Waals surface area (Å²) in [4.78, 5) is 54.0. The van der Waals surface area contributed by atoms with Gasteiger partial charge >= 0.3 is 23.9 Å². The predicted molar refractivity (Wildman–Crippen MR) is 257 cm³/mol. The Labute approximate surface area is 394 Å². The first-order valence-corrected chi connectivity index (χ1v) is 22.9. The molecule has 1 heterocycles. The lowest BCUT2D eigenvalue weighted by molar-refractivity contribution is -0.138. The number of para-hydroxylation sites is 1. The number of nitrogens with zero attached hydrogens (tertiary/aromatic N) is 3. The number of benzene rings is 4. The molecule has 1 aromatic heterocycles. The van der Waals surface area contributed by atoms with Crippen molar-refractivity contribution in [2.45, 2.75) is 51.4 Å². The molecule has 0 radical (unpaired) electrons. The van der Waals surface area contributed by atoms with E-state index in [1.807, 2.05) is 24.3 Å². The van der Waals surface area contributed by atoms with Crippen LogP contribution in [0.15, 0.2) is 121 Å². The minimum Gasteiger partial charge on any atom is -0.494 e. The fourth-order valence-electron chi connectivity index (χ4n) is 6.14. The standard InChI is InChI=1S/C51H57N3O12S/c1-4-47(55)63-31-14-8-6-12-29-61-41-22-18-38(19-23-41)49(57)65-43-26-27-45(66-50(58)39-20-24-42(25-21-39)62-30-13-7-9-15-32-64-48(56)5-2)40(36-43)37-52-54(28-33-60-35-34-59-3)51-53-44-16-10-11-17-46(44)67-51/h4-5,10-11,16-27,36-37H,1-2,6-9,12-15,28-35H2,3H3/b52-37+. The van der Waals surface area contributed by atoms with E-state index in [4.69, 9.17) is 48.0 Å². The lowest BCUT2D eigenvalue weighted by Gasteiger charge is -2.16. The summed E-state index contributed by atoms with van der Waals surface area (Å²) in [5, 5.41) is 7.11. The zero-order valence-corrected chi connectivity index (χ0v) is 38.6. The molecule has 0 bridgehead atoms. The second-order valence-electron chi connectivity index (χ2n) is 14.7. The summed E-state index contributed by atoms with van der Waals surface area (Å²) in [5.41, 5.74) is 1.77. The summed E-state index contributed by atoms with van der Waals surface area (Å²) in [6, 6.07) is 25.7. The molecule has 0 atom stereocenters. The van der Waals surface area contributed by atoms with E-state index in [0.29, 0.717) is 86.1 Å². The number of methoxy groups -OCH3 is 1. The molecule has 0 saturated heterocycles. The van der Waals surface area contributed by atoms with Gasteiger partial charge in [-0.25, -0.2) is 29.2 Å². The van der Waals surface area contributed by atoms with Crippen molar-refractivity contribution in [1.29, 1.82) is 0 Å². The topological polar surface area (TPSA) is 171 Å². The van der Waals surface area contributed by atoms with E-state index in [9.17, 15) is 19.2 Å². The van der Waals surface area contributed by atoms with E-state index in [1.165, 1.54) is 17.6 Å². The van der Waals surface area contributed by atoms with Gasteiger partial charge in [-0.15, -0.1) is 0 Å². The van der Waals surface area contributed by atoms with Crippen LogP contribution < -0.4 is 24.0 Å². The predicted octanol–water partition coefficient (Wildman–Crippen LogP) is 9.58. The van der Waals surface area contributed by atoms with E-state index in [2.05, 4.69) is 13.2 Å². The summed E-state index contributed by atoms with van der Waals surface area (Å²) in [6.07, 6.45) is 10.6. The first-order chi connectivity index (χ1) is 32.8. The Morgan fingerprint density at radius 3 is 1.75 bits per heavy atom. The van der Waals surface area contributed by atoms with Crippen molar-refractivity contribution in [3.05, 3.63) is 133 Å². The van der Waals surface area contributed by atoms with Crippen LogP contribution in [-0.4, -0.2) is 95.0 Å². The van der Waals surface area contributed by atoms with Gasteiger partial charge in [0.2, 0.25) is 5.13 Å². The number of esters is 4. The number of hydrogen-bond donors (Lipinski definition) is 0. The summed E-state index contributed by atoms with van der Waals surface area (Å²) >= 11 is 1.47. The highest BCUT2D eigenvalue weighted by atomic mass is 32.1. The molecule has 0 saturated carbocycles. The van der Waals surface area contributed by atoms with Crippen molar-refractivity contribution in [2.24, 2.45) is 5.10 Å². The molecule has 0 aliphatic carbocycles. The first kappa shape index (κ1) is 51.1. The highest BCUT2D eigenvalue weighted by Gasteiger charge is 2.17. The SMILES string of the molecule is C=CC(=O)OCCCCCCOc1ccc(C(=O)Oc2ccc(OC(=O)c3ccc(OCCCCCCOC(=O)C=C)cc3)c(/C=N/N(CCOCCOC)c3nc4ccccc4s3)c2)cc1. The number of aromatic nitrogens is 1. The van der Waals surface area contributed by atoms with Gasteiger partial charge in [0.05, 0.1) is 80.4 Å². The van der Waals surface area contributed by atoms with Gasteiger partial charge in [-0.1, -0.05) is 36.6 Å². The lowest BCUT2D eigenvalue weighted by Crippen LogP contribution is -2.23. The number of thiazole rings is 1. The zero-order chi connectivity index (χ0) is 47.5. The molecule has 354 valence electrons. The molecule has 67 heavy (non-hydrogen) atoms. The molecule has 0 N–H and O–H groups in total. The van der Waals surface area contributed by atoms with Crippen molar-refractivity contribution in [3.63, 3.8) is 0 Å². The van der Waals surface area contributed by atoms with Crippen molar-refractivity contribution >= 4 is 56.8 Å². The largest absolute Gasteiger partial charge is 0.494 e. The Balaban J connectivity index is 1.25. The van der Waals surface area contributed by atoms with Crippen LogP contribution in [0, 0.1) is 0 Å². The summed E-state index contributed by atoms with van der Waals surface area (Å²) < 4.78 is 45.3. The van der Waals surface area contributed by atoms with Crippen molar-refractivity contribution in [1.82, 2.24) is 4.98 Å². The third kappa shape index (κ3) is 18.1. The van der Waals surface area contributed by atoms with Crippen LogP contribution in [0.25, 0.3) is 10.2 Å². The molecular weight excluding hydrogens is 879 g/mol. The maximum absolute atomic E-state index is 13.5. The molecule has 0 fully saturated rings. The molecule has 0 spiro atoms. The van der Waals surface area contributed by atoms with Gasteiger partial charge < -0.3 is 37.9 Å². The fraction of sp³-hybridized carbons (Fsp3) is 0.333. The third-order valence-electron chi connectivity index (χ3n) is 9.73. The Bertz CT molecular complexity index is 2350. The molecule has 0 unspecified atom stereocenters. The van der Waals surface area contributed by atoms with E-state index < -0.39 is 23.9 Å². The molecule has 5 aromatic rings. The Morgan fingerprint density at radius 2 is 1.18 bits per heavy atom. The maximum Gasteiger partial charge on any atom is 0.343 e. The Hall–Kier alpha value is -6.88. The summed E-state index contributed by atoms with van der Waals surface area (Å²) in [6.45, 7) is 10.0. The summed E-state index contributed by atoms with van der Waals surface area (Å²) in [7, 11) is 1.61. The van der Waals surface area contributed by atoms with Crippen LogP contribution in [0.3, 0.4) is 0 Å². The molecular formula is C51H57N3O12S. The minimum atomic E-state index is -0.619. The van der Waals surface area contributed by atoms with Crippen LogP contribution >= 0.6 is 11.3 Å². The monoisotopic (exact) mass is 935 g/mol. The first-order valence-electron chi connectivity index (χ1n) is 22.1. The number of carbonyl (C=O) groups excluding carboxylic acids is 4. The average Bonchev–Trinajstić information content (AvgIpc) is 3.79. The van der Waals surface area contributed by atoms with E-state index in [0.717, 1.165) is 73.7 Å². The summed E-state index contributed by atoms with van der Waals surface area (Å²) in [5.74, 6) is -0.483. The molecule has 15 nitrogen and oxygen atoms in total. The number of rotatable bonds is 31. The number of hydrogen-bond acceptors (Lipinski definition) is 16. The number of carbonyl (C=O) groups is 4. The van der Waals surface area contributed by atoms with Crippen LogP contribution in [0.2, 0.25) is 0 Å². The second-order valence-corrected chi connectivity index (χ2v) is 15.7. The van der Waals surface area contributed by atoms with E-state index >= 15 is 0 Å². The van der Waals surface area contributed by atoms with Crippen molar-refractivity contribution < 1.29 is 57.1 Å². The quantitative estimate of drug-likeness (QED) is 0.0103. The number of anilines is 1. The molecule has 0 amide bonds. The Morgan fingerprint density at radius 1 is 0.627 bits per heavy atom. The van der Waals surface area contributed by atoms with Crippen molar-refractivity contribution in [3.8, 4) is 23.0 Å². The second kappa shape index (κ2) is 28.9. The molecule has 4 aromatic carbocycles. The van der Waals surface area contributed by atoms with Gasteiger partial charge in [-0.05, 0) is 130 Å². The highest BCUT2D eigenvalue weighted by Crippen LogP contribution is 2.30. The molecule has 0 aliphatic rings. The average molecular weight is 936 g/mol. The fourth-order valence-corrected chi connectivity index (χ4v) is 7.09. The number of fused-ring (bicyclic) bond motifs is 1. The van der Waals surface area contributed by atoms with Crippen LogP contribution in [0.1, 0.15) is 77.6 Å². The third-order valence-corrected chi connectivity index (χ3v) is 10.8. The van der Waals surface area contributed by atoms with Crippen molar-refractivity contribution in [2.75, 3.05) is 64.9 Å². The smallest absolute Gasteiger partial charge is 0.343 e. The van der Waals surface area contributed by atoms with Crippen LogP contribution in [0.4, 0.5) is 5.13 Å². The van der Waals surface area contributed by atoms with Crippen LogP contribution in [-0.2, 0) is 28.5 Å². The number of hydrazone groups is 1. The van der Waals surface area contributed by atoms with Gasteiger partial charge in [-0.3, -0.25) is 0 Å². The highest BCUT2D eigenvalue weighted by molar-refractivity contribution is 7.22.